The standard InChI is InChI=1S/C14H18N2S/c1-9(2)11-4-6-12(7-5-11)14(15)13-8-10(3)16-17-13/h4-9,14H,15H2,1-3H3. The summed E-state index contributed by atoms with van der Waals surface area (Å²) in [6.45, 7) is 6.39. The van der Waals surface area contributed by atoms with Gasteiger partial charge in [0.15, 0.2) is 0 Å². The monoisotopic (exact) mass is 246 g/mol. The van der Waals surface area contributed by atoms with E-state index in [9.17, 15) is 0 Å². The molecule has 1 aromatic heterocycles. The highest BCUT2D eigenvalue weighted by Gasteiger charge is 2.11. The van der Waals surface area contributed by atoms with Crippen LogP contribution in [0.3, 0.4) is 0 Å². The van der Waals surface area contributed by atoms with E-state index >= 15 is 0 Å². The fraction of sp³-hybridized carbons (Fsp3) is 0.357. The van der Waals surface area contributed by atoms with Crippen molar-refractivity contribution >= 4 is 11.5 Å². The molecule has 1 aromatic carbocycles. The van der Waals surface area contributed by atoms with E-state index in [0.717, 1.165) is 16.1 Å². The lowest BCUT2D eigenvalue weighted by molar-refractivity contribution is 0.854. The van der Waals surface area contributed by atoms with Gasteiger partial charge in [0.05, 0.1) is 11.7 Å². The van der Waals surface area contributed by atoms with Gasteiger partial charge in [-0.25, -0.2) is 0 Å². The first-order valence-corrected chi connectivity index (χ1v) is 6.64. The Morgan fingerprint density at radius 2 is 1.71 bits per heavy atom. The SMILES string of the molecule is Cc1cc(C(N)c2ccc(C(C)C)cc2)sn1. The summed E-state index contributed by atoms with van der Waals surface area (Å²) < 4.78 is 4.27. The fourth-order valence-electron chi connectivity index (χ4n) is 1.78. The molecule has 0 spiro atoms. The maximum absolute atomic E-state index is 6.23. The van der Waals surface area contributed by atoms with Crippen molar-refractivity contribution in [1.29, 1.82) is 0 Å². The number of aryl methyl sites for hydroxylation is 1. The quantitative estimate of drug-likeness (QED) is 0.898. The molecule has 90 valence electrons. The van der Waals surface area contributed by atoms with Gasteiger partial charge in [0.25, 0.3) is 0 Å². The average molecular weight is 246 g/mol. The molecule has 17 heavy (non-hydrogen) atoms. The predicted octanol–water partition coefficient (Wildman–Crippen LogP) is 3.62. The number of rotatable bonds is 3. The highest BCUT2D eigenvalue weighted by molar-refractivity contribution is 7.05. The molecule has 2 nitrogen and oxygen atoms in total. The molecule has 2 N–H and O–H groups in total. The van der Waals surface area contributed by atoms with Gasteiger partial charge in [-0.2, -0.15) is 4.37 Å². The van der Waals surface area contributed by atoms with Gasteiger partial charge in [0, 0.05) is 4.88 Å². The third-order valence-corrected chi connectivity index (χ3v) is 3.88. The van der Waals surface area contributed by atoms with Crippen LogP contribution in [0.1, 0.15) is 47.5 Å². The Balaban J connectivity index is 2.22. The average Bonchev–Trinajstić information content (AvgIpc) is 2.75. The molecule has 0 radical (unpaired) electrons. The molecule has 0 fully saturated rings. The Morgan fingerprint density at radius 1 is 1.12 bits per heavy atom. The zero-order valence-corrected chi connectivity index (χ0v) is 11.3. The van der Waals surface area contributed by atoms with Crippen LogP contribution in [0.15, 0.2) is 30.3 Å². The molecule has 1 unspecified atom stereocenters. The third kappa shape index (κ3) is 2.73. The number of hydrogen-bond donors (Lipinski definition) is 1. The van der Waals surface area contributed by atoms with Crippen molar-refractivity contribution in [2.24, 2.45) is 5.73 Å². The molecule has 0 bridgehead atoms. The first-order chi connectivity index (χ1) is 8.08. The molecule has 1 heterocycles. The molecule has 0 saturated carbocycles. The largest absolute Gasteiger partial charge is 0.320 e. The van der Waals surface area contributed by atoms with Gasteiger partial charge in [-0.05, 0) is 41.6 Å². The van der Waals surface area contributed by atoms with Crippen LogP contribution in [0.2, 0.25) is 0 Å². The van der Waals surface area contributed by atoms with Gasteiger partial charge >= 0.3 is 0 Å². The van der Waals surface area contributed by atoms with Crippen LogP contribution in [0, 0.1) is 6.92 Å². The summed E-state index contributed by atoms with van der Waals surface area (Å²) in [5.41, 5.74) is 9.77. The van der Waals surface area contributed by atoms with Crippen LogP contribution in [0.4, 0.5) is 0 Å². The molecule has 1 atom stereocenters. The molecule has 2 aromatic rings. The van der Waals surface area contributed by atoms with Crippen molar-refractivity contribution in [2.45, 2.75) is 32.7 Å². The first kappa shape index (κ1) is 12.3. The van der Waals surface area contributed by atoms with Crippen LogP contribution in [-0.4, -0.2) is 4.37 Å². The van der Waals surface area contributed by atoms with E-state index < -0.39 is 0 Å². The van der Waals surface area contributed by atoms with Crippen LogP contribution in [-0.2, 0) is 0 Å². The zero-order chi connectivity index (χ0) is 12.4. The maximum Gasteiger partial charge on any atom is 0.0662 e. The van der Waals surface area contributed by atoms with Crippen molar-refractivity contribution in [3.63, 3.8) is 0 Å². The molecule has 3 heteroatoms. The number of nitrogens with two attached hydrogens (primary N) is 1. The van der Waals surface area contributed by atoms with Crippen molar-refractivity contribution in [1.82, 2.24) is 4.37 Å². The molecule has 0 saturated heterocycles. The van der Waals surface area contributed by atoms with Gasteiger partial charge in [-0.1, -0.05) is 38.1 Å². The second-order valence-corrected chi connectivity index (χ2v) is 5.51. The second kappa shape index (κ2) is 4.98. The molecular formula is C14H18N2S. The lowest BCUT2D eigenvalue weighted by Crippen LogP contribution is -2.10. The normalized spacial score (nSPS) is 13.0. The Morgan fingerprint density at radius 3 is 2.18 bits per heavy atom. The van der Waals surface area contributed by atoms with Crippen LogP contribution in [0.5, 0.6) is 0 Å². The van der Waals surface area contributed by atoms with Crippen molar-refractivity contribution in [3.8, 4) is 0 Å². The molecule has 0 amide bonds. The molecule has 0 aliphatic heterocycles. The third-order valence-electron chi connectivity index (χ3n) is 2.91. The summed E-state index contributed by atoms with van der Waals surface area (Å²) in [6.07, 6.45) is 0. The van der Waals surface area contributed by atoms with Crippen LogP contribution in [0.25, 0.3) is 0 Å². The number of aromatic nitrogens is 1. The summed E-state index contributed by atoms with van der Waals surface area (Å²) in [5.74, 6) is 0.561. The molecule has 0 aliphatic carbocycles. The predicted molar refractivity (Wildman–Crippen MR) is 73.4 cm³/mol. The lowest BCUT2D eigenvalue weighted by atomic mass is 9.99. The minimum absolute atomic E-state index is 0.0533. The van der Waals surface area contributed by atoms with Crippen molar-refractivity contribution in [3.05, 3.63) is 52.0 Å². The fourth-order valence-corrected chi connectivity index (χ4v) is 2.56. The highest BCUT2D eigenvalue weighted by atomic mass is 32.1. The summed E-state index contributed by atoms with van der Waals surface area (Å²) in [7, 11) is 0. The van der Waals surface area contributed by atoms with E-state index in [1.807, 2.05) is 6.92 Å². The van der Waals surface area contributed by atoms with Crippen molar-refractivity contribution < 1.29 is 0 Å². The van der Waals surface area contributed by atoms with E-state index in [4.69, 9.17) is 5.73 Å². The maximum atomic E-state index is 6.23. The topological polar surface area (TPSA) is 38.9 Å². The Hall–Kier alpha value is -1.19. The summed E-state index contributed by atoms with van der Waals surface area (Å²) in [4.78, 5) is 1.12. The number of benzene rings is 1. The van der Waals surface area contributed by atoms with E-state index in [-0.39, 0.29) is 6.04 Å². The van der Waals surface area contributed by atoms with Gasteiger partial charge in [0.2, 0.25) is 0 Å². The summed E-state index contributed by atoms with van der Waals surface area (Å²) in [5, 5.41) is 0. The molecular weight excluding hydrogens is 228 g/mol. The van der Waals surface area contributed by atoms with Crippen molar-refractivity contribution in [2.75, 3.05) is 0 Å². The number of nitrogens with zero attached hydrogens (tertiary/aromatic N) is 1. The van der Waals surface area contributed by atoms with Crippen LogP contribution >= 0.6 is 11.5 Å². The lowest BCUT2D eigenvalue weighted by Gasteiger charge is -2.11. The summed E-state index contributed by atoms with van der Waals surface area (Å²) >= 11 is 1.49. The minimum Gasteiger partial charge on any atom is -0.320 e. The van der Waals surface area contributed by atoms with E-state index in [1.54, 1.807) is 0 Å². The van der Waals surface area contributed by atoms with E-state index in [0.29, 0.717) is 5.92 Å². The summed E-state index contributed by atoms with van der Waals surface area (Å²) in [6, 6.07) is 10.6. The van der Waals surface area contributed by atoms with Crippen LogP contribution < -0.4 is 5.73 Å². The van der Waals surface area contributed by atoms with E-state index in [1.165, 1.54) is 17.1 Å². The Labute approximate surface area is 107 Å². The van der Waals surface area contributed by atoms with E-state index in [2.05, 4.69) is 48.6 Å². The zero-order valence-electron chi connectivity index (χ0n) is 10.5. The van der Waals surface area contributed by atoms with Gasteiger partial charge in [-0.3, -0.25) is 0 Å². The van der Waals surface area contributed by atoms with Gasteiger partial charge in [-0.15, -0.1) is 0 Å². The Kier molecular flexibility index (Phi) is 3.60. The molecule has 2 rings (SSSR count). The smallest absolute Gasteiger partial charge is 0.0662 e. The second-order valence-electron chi connectivity index (χ2n) is 4.67. The number of hydrogen-bond acceptors (Lipinski definition) is 3. The van der Waals surface area contributed by atoms with Gasteiger partial charge < -0.3 is 5.73 Å². The molecule has 0 aliphatic rings. The first-order valence-electron chi connectivity index (χ1n) is 5.86. The Bertz CT molecular complexity index is 485. The highest BCUT2D eigenvalue weighted by Crippen LogP contribution is 2.25. The van der Waals surface area contributed by atoms with Gasteiger partial charge in [0.1, 0.15) is 0 Å². The minimum atomic E-state index is -0.0533.